The highest BCUT2D eigenvalue weighted by Crippen LogP contribution is 2.17. The molecule has 0 aliphatic carbocycles. The molecule has 0 saturated carbocycles. The Balaban J connectivity index is 2.28. The van der Waals surface area contributed by atoms with Crippen molar-refractivity contribution in [2.24, 2.45) is 0 Å². The van der Waals surface area contributed by atoms with Crippen LogP contribution in [0.1, 0.15) is 27.9 Å². The second-order valence-corrected chi connectivity index (χ2v) is 3.50. The predicted octanol–water partition coefficient (Wildman–Crippen LogP) is 2.05. The lowest BCUT2D eigenvalue weighted by Gasteiger charge is -2.01. The van der Waals surface area contributed by atoms with Crippen LogP contribution in [0.3, 0.4) is 0 Å². The van der Waals surface area contributed by atoms with Gasteiger partial charge in [0.15, 0.2) is 5.78 Å². The fourth-order valence-electron chi connectivity index (χ4n) is 1.72. The minimum absolute atomic E-state index is 0.148. The molecule has 0 radical (unpaired) electrons. The lowest BCUT2D eigenvalue weighted by Crippen LogP contribution is -2.00. The molecule has 1 aliphatic heterocycles. The minimum atomic E-state index is 0.148. The van der Waals surface area contributed by atoms with Gasteiger partial charge in [-0.2, -0.15) is 0 Å². The van der Waals surface area contributed by atoms with Gasteiger partial charge in [-0.15, -0.1) is 6.58 Å². The predicted molar refractivity (Wildman–Crippen MR) is 56.1 cm³/mol. The van der Waals surface area contributed by atoms with Crippen LogP contribution in [0.25, 0.3) is 0 Å². The summed E-state index contributed by atoms with van der Waals surface area (Å²) in [6, 6.07) is 5.92. The second-order valence-electron chi connectivity index (χ2n) is 3.50. The van der Waals surface area contributed by atoms with Crippen LogP contribution in [0.2, 0.25) is 0 Å². The summed E-state index contributed by atoms with van der Waals surface area (Å²) in [5.41, 5.74) is 3.35. The summed E-state index contributed by atoms with van der Waals surface area (Å²) in [5.74, 6) is 0.148. The summed E-state index contributed by atoms with van der Waals surface area (Å²) >= 11 is 0. The summed E-state index contributed by atoms with van der Waals surface area (Å²) < 4.78 is 0. The molecule has 0 atom stereocenters. The van der Waals surface area contributed by atoms with E-state index in [0.29, 0.717) is 6.42 Å². The Kier molecular flexibility index (Phi) is 2.46. The fourth-order valence-corrected chi connectivity index (χ4v) is 1.72. The number of allylic oxidation sites excluding steroid dienone is 1. The van der Waals surface area contributed by atoms with Gasteiger partial charge in [-0.05, 0) is 17.2 Å². The van der Waals surface area contributed by atoms with Crippen molar-refractivity contribution in [3.05, 3.63) is 47.5 Å². The smallest absolute Gasteiger partial charge is 0.166 e. The van der Waals surface area contributed by atoms with Crippen LogP contribution in [-0.4, -0.2) is 5.78 Å². The van der Waals surface area contributed by atoms with Crippen molar-refractivity contribution in [3.8, 4) is 0 Å². The molecule has 1 aliphatic rings. The number of fused-ring (bicyclic) bond motifs is 1. The standard InChI is InChI=1S/C12H13NO/c1-2-3-12(14)9-4-5-10-7-13-8-11(10)6-9/h2,4-6,13H,1,3,7-8H2. The Morgan fingerprint density at radius 2 is 2.21 bits per heavy atom. The maximum Gasteiger partial charge on any atom is 0.166 e. The van der Waals surface area contributed by atoms with Crippen LogP contribution in [0.4, 0.5) is 0 Å². The monoisotopic (exact) mass is 187 g/mol. The molecule has 0 spiro atoms. The number of Topliss-reactive ketones (excluding diaryl/α,β-unsaturated/α-hetero) is 1. The van der Waals surface area contributed by atoms with Gasteiger partial charge in [0.25, 0.3) is 0 Å². The lowest BCUT2D eigenvalue weighted by molar-refractivity contribution is 0.0996. The number of hydrogen-bond acceptors (Lipinski definition) is 2. The quantitative estimate of drug-likeness (QED) is 0.579. The van der Waals surface area contributed by atoms with Gasteiger partial charge >= 0.3 is 0 Å². The van der Waals surface area contributed by atoms with E-state index in [0.717, 1.165) is 18.7 Å². The third kappa shape index (κ3) is 1.61. The maximum atomic E-state index is 11.6. The molecule has 1 aromatic carbocycles. The molecular formula is C12H13NO. The number of benzene rings is 1. The molecular weight excluding hydrogens is 174 g/mol. The Bertz CT molecular complexity index is 382. The minimum Gasteiger partial charge on any atom is -0.309 e. The van der Waals surface area contributed by atoms with Gasteiger partial charge in [-0.3, -0.25) is 4.79 Å². The first-order valence-electron chi connectivity index (χ1n) is 4.78. The Morgan fingerprint density at radius 3 is 3.00 bits per heavy atom. The molecule has 0 aromatic heterocycles. The highest BCUT2D eigenvalue weighted by Gasteiger charge is 2.12. The molecule has 1 aromatic rings. The zero-order chi connectivity index (χ0) is 9.97. The van der Waals surface area contributed by atoms with Crippen LogP contribution >= 0.6 is 0 Å². The molecule has 0 unspecified atom stereocenters. The molecule has 72 valence electrons. The van der Waals surface area contributed by atoms with E-state index in [9.17, 15) is 4.79 Å². The van der Waals surface area contributed by atoms with Crippen LogP contribution in [-0.2, 0) is 13.1 Å². The molecule has 0 fully saturated rings. The molecule has 0 bridgehead atoms. The topological polar surface area (TPSA) is 29.1 Å². The molecule has 0 saturated heterocycles. The molecule has 14 heavy (non-hydrogen) atoms. The highest BCUT2D eigenvalue weighted by atomic mass is 16.1. The highest BCUT2D eigenvalue weighted by molar-refractivity contribution is 5.97. The molecule has 0 amide bonds. The van der Waals surface area contributed by atoms with E-state index < -0.39 is 0 Å². The maximum absolute atomic E-state index is 11.6. The van der Waals surface area contributed by atoms with E-state index in [1.807, 2.05) is 18.2 Å². The third-order valence-corrected chi connectivity index (χ3v) is 2.49. The summed E-state index contributed by atoms with van der Waals surface area (Å²) in [5, 5.41) is 3.25. The van der Waals surface area contributed by atoms with Gasteiger partial charge in [0.2, 0.25) is 0 Å². The summed E-state index contributed by atoms with van der Waals surface area (Å²) in [4.78, 5) is 11.6. The van der Waals surface area contributed by atoms with E-state index in [2.05, 4.69) is 11.9 Å². The van der Waals surface area contributed by atoms with Crippen LogP contribution < -0.4 is 5.32 Å². The number of rotatable bonds is 3. The largest absolute Gasteiger partial charge is 0.309 e. The first-order chi connectivity index (χ1) is 6.81. The van der Waals surface area contributed by atoms with Crippen molar-refractivity contribution in [2.75, 3.05) is 0 Å². The second kappa shape index (κ2) is 3.76. The Labute approximate surface area is 83.6 Å². The van der Waals surface area contributed by atoms with E-state index in [-0.39, 0.29) is 5.78 Å². The number of carbonyl (C=O) groups excluding carboxylic acids is 1. The zero-order valence-electron chi connectivity index (χ0n) is 8.05. The van der Waals surface area contributed by atoms with Gasteiger partial charge in [0.05, 0.1) is 0 Å². The van der Waals surface area contributed by atoms with Gasteiger partial charge in [0, 0.05) is 25.1 Å². The van der Waals surface area contributed by atoms with Crippen molar-refractivity contribution in [1.82, 2.24) is 5.32 Å². The summed E-state index contributed by atoms with van der Waals surface area (Å²) in [7, 11) is 0. The van der Waals surface area contributed by atoms with E-state index in [1.54, 1.807) is 6.08 Å². The van der Waals surface area contributed by atoms with Gasteiger partial charge in [0.1, 0.15) is 0 Å². The van der Waals surface area contributed by atoms with E-state index in [4.69, 9.17) is 0 Å². The fraction of sp³-hybridized carbons (Fsp3) is 0.250. The summed E-state index contributed by atoms with van der Waals surface area (Å²) in [6.45, 7) is 5.37. The first kappa shape index (κ1) is 9.16. The number of ketones is 1. The Morgan fingerprint density at radius 1 is 1.43 bits per heavy atom. The van der Waals surface area contributed by atoms with E-state index >= 15 is 0 Å². The molecule has 2 heteroatoms. The molecule has 2 nitrogen and oxygen atoms in total. The molecule has 1 N–H and O–H groups in total. The first-order valence-corrected chi connectivity index (χ1v) is 4.78. The molecule has 1 heterocycles. The van der Waals surface area contributed by atoms with Crippen molar-refractivity contribution < 1.29 is 4.79 Å². The van der Waals surface area contributed by atoms with Crippen molar-refractivity contribution in [2.45, 2.75) is 19.5 Å². The Hall–Kier alpha value is -1.41. The van der Waals surface area contributed by atoms with Crippen LogP contribution in [0.15, 0.2) is 30.9 Å². The number of hydrogen-bond donors (Lipinski definition) is 1. The van der Waals surface area contributed by atoms with Crippen LogP contribution in [0, 0.1) is 0 Å². The number of carbonyl (C=O) groups is 1. The summed E-state index contributed by atoms with van der Waals surface area (Å²) in [6.07, 6.45) is 2.07. The van der Waals surface area contributed by atoms with Crippen molar-refractivity contribution >= 4 is 5.78 Å². The lowest BCUT2D eigenvalue weighted by atomic mass is 10.0. The van der Waals surface area contributed by atoms with E-state index in [1.165, 1.54) is 11.1 Å². The van der Waals surface area contributed by atoms with Crippen LogP contribution in [0.5, 0.6) is 0 Å². The number of nitrogens with one attached hydrogen (secondary N) is 1. The average molecular weight is 187 g/mol. The van der Waals surface area contributed by atoms with Gasteiger partial charge in [-0.1, -0.05) is 18.2 Å². The van der Waals surface area contributed by atoms with Crippen molar-refractivity contribution in [1.29, 1.82) is 0 Å². The zero-order valence-corrected chi connectivity index (χ0v) is 8.05. The third-order valence-electron chi connectivity index (χ3n) is 2.49. The normalized spacial score (nSPS) is 13.7. The molecule has 2 rings (SSSR count). The average Bonchev–Trinajstić information content (AvgIpc) is 2.64. The van der Waals surface area contributed by atoms with Gasteiger partial charge < -0.3 is 5.32 Å². The van der Waals surface area contributed by atoms with Gasteiger partial charge in [-0.25, -0.2) is 0 Å². The van der Waals surface area contributed by atoms with Crippen molar-refractivity contribution in [3.63, 3.8) is 0 Å². The SMILES string of the molecule is C=CCC(=O)c1ccc2c(c1)CNC2.